The highest BCUT2D eigenvalue weighted by Gasteiger charge is 2.39. The number of rotatable bonds is 1. The van der Waals surface area contributed by atoms with Gasteiger partial charge in [-0.2, -0.15) is 5.10 Å². The molecule has 0 spiro atoms. The van der Waals surface area contributed by atoms with Crippen molar-refractivity contribution in [1.29, 1.82) is 0 Å². The maximum atomic E-state index is 4.48. The van der Waals surface area contributed by atoms with Gasteiger partial charge >= 0.3 is 0 Å². The first-order valence-electron chi connectivity index (χ1n) is 6.22. The van der Waals surface area contributed by atoms with Crippen LogP contribution in [0, 0.1) is 5.92 Å². The zero-order chi connectivity index (χ0) is 11.4. The lowest BCUT2D eigenvalue weighted by Gasteiger charge is -2.28. The maximum Gasteiger partial charge on any atom is 0.163 e. The van der Waals surface area contributed by atoms with Crippen LogP contribution in [-0.4, -0.2) is 32.3 Å². The molecule has 1 aliphatic heterocycles. The molecule has 2 fully saturated rings. The smallest absolute Gasteiger partial charge is 0.163 e. The normalized spacial score (nSPS) is 27.2. The molecular weight excluding hydrogens is 214 g/mol. The van der Waals surface area contributed by atoms with Gasteiger partial charge in [0.2, 0.25) is 0 Å². The fourth-order valence-electron chi connectivity index (χ4n) is 3.36. The van der Waals surface area contributed by atoms with Crippen LogP contribution in [-0.2, 0) is 7.05 Å². The van der Waals surface area contributed by atoms with Crippen molar-refractivity contribution >= 4 is 16.9 Å². The molecule has 0 radical (unpaired) electrons. The molecule has 5 heteroatoms. The predicted octanol–water partition coefficient (Wildman–Crippen LogP) is 1.35. The monoisotopic (exact) mass is 229 g/mol. The third kappa shape index (κ3) is 1.22. The molecule has 0 unspecified atom stereocenters. The Morgan fingerprint density at radius 3 is 3.00 bits per heavy atom. The number of hydrogen-bond acceptors (Lipinski definition) is 4. The lowest BCUT2D eigenvalue weighted by molar-refractivity contribution is 0.551. The van der Waals surface area contributed by atoms with E-state index >= 15 is 0 Å². The first kappa shape index (κ1) is 9.39. The van der Waals surface area contributed by atoms with Gasteiger partial charge < -0.3 is 4.90 Å². The van der Waals surface area contributed by atoms with Gasteiger partial charge in [0.25, 0.3) is 0 Å². The Kier molecular flexibility index (Phi) is 1.76. The first-order valence-corrected chi connectivity index (χ1v) is 6.22. The van der Waals surface area contributed by atoms with E-state index in [4.69, 9.17) is 0 Å². The molecule has 2 aromatic rings. The Morgan fingerprint density at radius 1 is 1.29 bits per heavy atom. The zero-order valence-corrected chi connectivity index (χ0v) is 9.87. The van der Waals surface area contributed by atoms with Gasteiger partial charge in [0.05, 0.1) is 11.6 Å². The number of nitrogens with zero attached hydrogens (tertiary/aromatic N) is 5. The second-order valence-corrected chi connectivity index (χ2v) is 5.19. The summed E-state index contributed by atoms with van der Waals surface area (Å²) in [6, 6.07) is 0.693. The lowest BCUT2D eigenvalue weighted by Crippen LogP contribution is -2.32. The summed E-state index contributed by atoms with van der Waals surface area (Å²) in [6.07, 6.45) is 7.59. The topological polar surface area (TPSA) is 46.8 Å². The highest BCUT2D eigenvalue weighted by atomic mass is 15.3. The number of anilines is 1. The molecule has 1 saturated heterocycles. The van der Waals surface area contributed by atoms with Gasteiger partial charge in [-0.15, -0.1) is 0 Å². The van der Waals surface area contributed by atoms with Crippen molar-refractivity contribution in [1.82, 2.24) is 19.7 Å². The molecule has 1 aliphatic carbocycles. The third-order valence-corrected chi connectivity index (χ3v) is 4.19. The standard InChI is InChI=1S/C12H15N5/c1-16-11-10(5-15-16)12(14-7-13-11)17-6-8-2-3-9(17)4-8/h5,7-9H,2-4,6H2,1H3/t8-,9-/m0/s1. The van der Waals surface area contributed by atoms with Gasteiger partial charge in [0.15, 0.2) is 5.65 Å². The third-order valence-electron chi connectivity index (χ3n) is 4.19. The van der Waals surface area contributed by atoms with Crippen LogP contribution in [0.15, 0.2) is 12.5 Å². The molecule has 5 nitrogen and oxygen atoms in total. The Balaban J connectivity index is 1.85. The van der Waals surface area contributed by atoms with Crippen LogP contribution in [0.4, 0.5) is 5.82 Å². The molecule has 4 rings (SSSR count). The van der Waals surface area contributed by atoms with E-state index in [0.717, 1.165) is 29.3 Å². The Morgan fingerprint density at radius 2 is 2.24 bits per heavy atom. The molecule has 0 aromatic carbocycles. The second kappa shape index (κ2) is 3.18. The lowest BCUT2D eigenvalue weighted by atomic mass is 10.1. The molecule has 17 heavy (non-hydrogen) atoms. The Bertz CT molecular complexity index is 575. The second-order valence-electron chi connectivity index (χ2n) is 5.19. The van der Waals surface area contributed by atoms with Crippen molar-refractivity contribution < 1.29 is 0 Å². The van der Waals surface area contributed by atoms with Crippen LogP contribution < -0.4 is 4.90 Å². The number of aryl methyl sites for hydroxylation is 1. The molecule has 0 N–H and O–H groups in total. The fraction of sp³-hybridized carbons (Fsp3) is 0.583. The fourth-order valence-corrected chi connectivity index (χ4v) is 3.36. The summed E-state index contributed by atoms with van der Waals surface area (Å²) in [5.74, 6) is 1.96. The van der Waals surface area contributed by atoms with Crippen molar-refractivity contribution in [2.24, 2.45) is 13.0 Å². The van der Waals surface area contributed by atoms with Gasteiger partial charge in [0.1, 0.15) is 12.1 Å². The molecular formula is C12H15N5. The van der Waals surface area contributed by atoms with Gasteiger partial charge in [0, 0.05) is 19.6 Å². The Labute approximate surface area is 99.5 Å². The summed E-state index contributed by atoms with van der Waals surface area (Å²) in [5.41, 5.74) is 0.928. The molecule has 1 saturated carbocycles. The highest BCUT2D eigenvalue weighted by molar-refractivity contribution is 5.86. The molecule has 88 valence electrons. The van der Waals surface area contributed by atoms with Crippen LogP contribution in [0.1, 0.15) is 19.3 Å². The largest absolute Gasteiger partial charge is 0.353 e. The summed E-state index contributed by atoms with van der Waals surface area (Å²) < 4.78 is 1.81. The minimum atomic E-state index is 0.693. The first-order chi connectivity index (χ1) is 8.33. The SMILES string of the molecule is Cn1ncc2c(N3C[C@H]4CC[C@H]3C4)ncnc21. The van der Waals surface area contributed by atoms with E-state index in [2.05, 4.69) is 20.0 Å². The van der Waals surface area contributed by atoms with E-state index in [9.17, 15) is 0 Å². The van der Waals surface area contributed by atoms with Gasteiger partial charge in [-0.25, -0.2) is 9.97 Å². The maximum absolute atomic E-state index is 4.48. The minimum Gasteiger partial charge on any atom is -0.353 e. The van der Waals surface area contributed by atoms with Crippen LogP contribution in [0.3, 0.4) is 0 Å². The molecule has 2 aromatic heterocycles. The van der Waals surface area contributed by atoms with Crippen molar-refractivity contribution in [3.8, 4) is 0 Å². The van der Waals surface area contributed by atoms with Crippen molar-refractivity contribution in [2.45, 2.75) is 25.3 Å². The van der Waals surface area contributed by atoms with Crippen molar-refractivity contribution in [3.63, 3.8) is 0 Å². The number of aromatic nitrogens is 4. The predicted molar refractivity (Wildman–Crippen MR) is 64.8 cm³/mol. The van der Waals surface area contributed by atoms with Crippen LogP contribution in [0.2, 0.25) is 0 Å². The van der Waals surface area contributed by atoms with E-state index in [0.29, 0.717) is 6.04 Å². The molecule has 2 aliphatic rings. The number of piperidine rings is 1. The van der Waals surface area contributed by atoms with Gasteiger partial charge in [-0.05, 0) is 25.2 Å². The van der Waals surface area contributed by atoms with Crippen LogP contribution in [0.25, 0.3) is 11.0 Å². The average molecular weight is 229 g/mol. The summed E-state index contributed by atoms with van der Waals surface area (Å²) in [4.78, 5) is 11.2. The molecule has 2 bridgehead atoms. The van der Waals surface area contributed by atoms with E-state index in [1.807, 2.05) is 17.9 Å². The average Bonchev–Trinajstić information content (AvgIpc) is 3.04. The Hall–Kier alpha value is -1.65. The molecule has 2 atom stereocenters. The van der Waals surface area contributed by atoms with Gasteiger partial charge in [-0.3, -0.25) is 4.68 Å². The summed E-state index contributed by atoms with van der Waals surface area (Å²) >= 11 is 0. The van der Waals surface area contributed by atoms with Crippen molar-refractivity contribution in [2.75, 3.05) is 11.4 Å². The van der Waals surface area contributed by atoms with Gasteiger partial charge in [-0.1, -0.05) is 0 Å². The quantitative estimate of drug-likeness (QED) is 0.740. The van der Waals surface area contributed by atoms with E-state index in [-0.39, 0.29) is 0 Å². The van der Waals surface area contributed by atoms with Crippen LogP contribution >= 0.6 is 0 Å². The van der Waals surface area contributed by atoms with E-state index in [1.165, 1.54) is 19.3 Å². The summed E-state index contributed by atoms with van der Waals surface area (Å²) in [6.45, 7) is 1.16. The zero-order valence-electron chi connectivity index (χ0n) is 9.87. The van der Waals surface area contributed by atoms with E-state index < -0.39 is 0 Å². The minimum absolute atomic E-state index is 0.693. The molecule has 0 amide bonds. The van der Waals surface area contributed by atoms with E-state index in [1.54, 1.807) is 6.33 Å². The number of hydrogen-bond donors (Lipinski definition) is 0. The van der Waals surface area contributed by atoms with Crippen molar-refractivity contribution in [3.05, 3.63) is 12.5 Å². The van der Waals surface area contributed by atoms with Crippen LogP contribution in [0.5, 0.6) is 0 Å². The summed E-state index contributed by atoms with van der Waals surface area (Å²) in [5, 5.41) is 5.36. The summed E-state index contributed by atoms with van der Waals surface area (Å²) in [7, 11) is 1.93. The molecule has 3 heterocycles. The number of fused-ring (bicyclic) bond motifs is 3. The highest BCUT2D eigenvalue weighted by Crippen LogP contribution is 2.40.